The molecule has 1 saturated heterocycles. The van der Waals surface area contributed by atoms with Gasteiger partial charge in [0.05, 0.1) is 11.5 Å². The molecule has 31 heavy (non-hydrogen) atoms. The Morgan fingerprint density at radius 2 is 1.68 bits per heavy atom. The Hall–Kier alpha value is -1.41. The monoisotopic (exact) mass is 467 g/mol. The van der Waals surface area contributed by atoms with Gasteiger partial charge in [-0.3, -0.25) is 4.79 Å². The zero-order valence-corrected chi connectivity index (χ0v) is 19.8. The van der Waals surface area contributed by atoms with Crippen LogP contribution in [0, 0.1) is 0 Å². The van der Waals surface area contributed by atoms with E-state index in [0.717, 1.165) is 57.8 Å². The molecule has 2 fully saturated rings. The maximum Gasteiger partial charge on any atom is 0.348 e. The Morgan fingerprint density at radius 1 is 0.968 bits per heavy atom. The predicted molar refractivity (Wildman–Crippen MR) is 121 cm³/mol. The van der Waals surface area contributed by atoms with E-state index in [1.54, 1.807) is 4.90 Å². The van der Waals surface area contributed by atoms with Crippen molar-refractivity contribution in [2.75, 3.05) is 18.1 Å². The fraction of sp³-hybridized carbons (Fsp3) is 0.739. The molecule has 2 heterocycles. The molecule has 1 atom stereocenters. The number of hydrogen-bond acceptors (Lipinski definition) is 6. The number of aryl methyl sites for hydroxylation is 2. The molecule has 0 radical (unpaired) electrons. The highest BCUT2D eigenvalue weighted by atomic mass is 32.2. The van der Waals surface area contributed by atoms with E-state index in [9.17, 15) is 18.0 Å². The number of esters is 1. The van der Waals surface area contributed by atoms with Gasteiger partial charge < -0.3 is 9.64 Å². The molecule has 1 aromatic heterocycles. The van der Waals surface area contributed by atoms with Gasteiger partial charge in [0, 0.05) is 17.0 Å². The van der Waals surface area contributed by atoms with Crippen LogP contribution >= 0.6 is 11.3 Å². The van der Waals surface area contributed by atoms with Crippen molar-refractivity contribution < 1.29 is 22.7 Å². The lowest BCUT2D eigenvalue weighted by atomic mass is 9.93. The Balaban J connectivity index is 1.41. The minimum atomic E-state index is -3.09. The zero-order valence-electron chi connectivity index (χ0n) is 18.1. The van der Waals surface area contributed by atoms with E-state index in [2.05, 4.69) is 0 Å². The number of sulfone groups is 1. The van der Waals surface area contributed by atoms with E-state index in [0.29, 0.717) is 11.3 Å². The Morgan fingerprint density at radius 3 is 2.39 bits per heavy atom. The number of carbonyl (C=O) groups is 2. The first-order chi connectivity index (χ1) is 14.9. The minimum Gasteiger partial charge on any atom is -0.451 e. The molecule has 172 valence electrons. The van der Waals surface area contributed by atoms with Gasteiger partial charge in [-0.15, -0.1) is 11.3 Å². The van der Waals surface area contributed by atoms with Crippen molar-refractivity contribution in [1.29, 1.82) is 0 Å². The van der Waals surface area contributed by atoms with Gasteiger partial charge in [0.15, 0.2) is 16.4 Å². The number of ether oxygens (including phenoxy) is 1. The van der Waals surface area contributed by atoms with Crippen LogP contribution in [-0.2, 0) is 32.2 Å². The van der Waals surface area contributed by atoms with Crippen LogP contribution in [0.15, 0.2) is 6.07 Å². The van der Waals surface area contributed by atoms with Gasteiger partial charge in [0.1, 0.15) is 4.88 Å². The average molecular weight is 468 g/mol. The van der Waals surface area contributed by atoms with Gasteiger partial charge in [-0.2, -0.15) is 0 Å². The third-order valence-electron chi connectivity index (χ3n) is 6.88. The fourth-order valence-electron chi connectivity index (χ4n) is 5.28. The second-order valence-electron chi connectivity index (χ2n) is 9.20. The third kappa shape index (κ3) is 5.69. The topological polar surface area (TPSA) is 80.8 Å². The quantitative estimate of drug-likeness (QED) is 0.613. The first kappa shape index (κ1) is 22.8. The van der Waals surface area contributed by atoms with E-state index < -0.39 is 15.8 Å². The lowest BCUT2D eigenvalue weighted by Gasteiger charge is -2.38. The molecular weight excluding hydrogens is 434 g/mol. The number of hydrogen-bond donors (Lipinski definition) is 0. The van der Waals surface area contributed by atoms with E-state index in [4.69, 9.17) is 4.74 Å². The summed E-state index contributed by atoms with van der Waals surface area (Å²) in [6.45, 7) is -0.311. The molecule has 6 nitrogen and oxygen atoms in total. The van der Waals surface area contributed by atoms with Crippen molar-refractivity contribution in [3.05, 3.63) is 21.4 Å². The first-order valence-corrected chi connectivity index (χ1v) is 14.4. The van der Waals surface area contributed by atoms with Gasteiger partial charge in [-0.05, 0) is 56.6 Å². The summed E-state index contributed by atoms with van der Waals surface area (Å²) in [5.74, 6) is -0.528. The lowest BCUT2D eigenvalue weighted by Crippen LogP contribution is -2.50. The minimum absolute atomic E-state index is 0.0286. The van der Waals surface area contributed by atoms with Crippen LogP contribution in [0.3, 0.4) is 0 Å². The standard InChI is InChI=1S/C23H33NO5S2/c25-22(24(18-9-5-3-6-10-18)19-12-13-31(27,28)16-19)15-29-23(26)21-14-17-8-4-1-2-7-11-20(17)30-21/h14,18-19H,1-13,15-16H2/t19-/m0/s1. The summed E-state index contributed by atoms with van der Waals surface area (Å²) in [7, 11) is -3.09. The van der Waals surface area contributed by atoms with Gasteiger partial charge >= 0.3 is 5.97 Å². The molecule has 0 spiro atoms. The van der Waals surface area contributed by atoms with E-state index in [-0.39, 0.29) is 36.1 Å². The van der Waals surface area contributed by atoms with Gasteiger partial charge in [0.2, 0.25) is 0 Å². The molecular formula is C23H33NO5S2. The SMILES string of the molecule is O=C(OCC(=O)N(C1CCCCC1)[C@H]1CCS(=O)(=O)C1)c1cc2c(s1)CCCCCC2. The molecule has 1 aromatic rings. The normalized spacial score (nSPS) is 24.1. The maximum atomic E-state index is 13.1. The van der Waals surface area contributed by atoms with Crippen LogP contribution < -0.4 is 0 Å². The number of fused-ring (bicyclic) bond motifs is 1. The van der Waals surface area contributed by atoms with Crippen molar-refractivity contribution in [3.63, 3.8) is 0 Å². The molecule has 1 saturated carbocycles. The van der Waals surface area contributed by atoms with Crippen molar-refractivity contribution in [1.82, 2.24) is 4.90 Å². The Kier molecular flexibility index (Phi) is 7.37. The van der Waals surface area contributed by atoms with Crippen LogP contribution in [0.4, 0.5) is 0 Å². The first-order valence-electron chi connectivity index (χ1n) is 11.7. The lowest BCUT2D eigenvalue weighted by molar-refractivity contribution is -0.139. The molecule has 8 heteroatoms. The summed E-state index contributed by atoms with van der Waals surface area (Å²) in [6, 6.07) is 1.71. The van der Waals surface area contributed by atoms with Crippen molar-refractivity contribution in [2.24, 2.45) is 0 Å². The molecule has 2 aliphatic carbocycles. The second-order valence-corrected chi connectivity index (χ2v) is 12.6. The highest BCUT2D eigenvalue weighted by Gasteiger charge is 2.38. The highest BCUT2D eigenvalue weighted by Crippen LogP contribution is 2.30. The smallest absolute Gasteiger partial charge is 0.348 e. The number of thiophene rings is 1. The van der Waals surface area contributed by atoms with Crippen molar-refractivity contribution >= 4 is 33.1 Å². The average Bonchev–Trinajstić information content (AvgIpc) is 3.29. The largest absolute Gasteiger partial charge is 0.451 e. The number of rotatable bonds is 5. The van der Waals surface area contributed by atoms with Gasteiger partial charge in [-0.1, -0.05) is 32.1 Å². The number of amides is 1. The molecule has 0 N–H and O–H groups in total. The summed E-state index contributed by atoms with van der Waals surface area (Å²) < 4.78 is 29.5. The summed E-state index contributed by atoms with van der Waals surface area (Å²) in [5.41, 5.74) is 1.25. The fourth-order valence-corrected chi connectivity index (χ4v) is 8.14. The third-order valence-corrected chi connectivity index (χ3v) is 9.85. The van der Waals surface area contributed by atoms with Crippen LogP contribution in [-0.4, -0.2) is 55.4 Å². The molecule has 1 aliphatic heterocycles. The molecule has 4 rings (SSSR count). The summed E-state index contributed by atoms with van der Waals surface area (Å²) in [6.07, 6.45) is 12.3. The van der Waals surface area contributed by atoms with Crippen molar-refractivity contribution in [3.8, 4) is 0 Å². The van der Waals surface area contributed by atoms with Crippen molar-refractivity contribution in [2.45, 2.75) is 89.1 Å². The van der Waals surface area contributed by atoms with Crippen LogP contribution in [0.1, 0.15) is 84.3 Å². The maximum absolute atomic E-state index is 13.1. The number of carbonyl (C=O) groups excluding carboxylic acids is 2. The zero-order chi connectivity index (χ0) is 21.8. The van der Waals surface area contributed by atoms with E-state index >= 15 is 0 Å². The molecule has 0 bridgehead atoms. The Bertz CT molecular complexity index is 876. The summed E-state index contributed by atoms with van der Waals surface area (Å²) in [4.78, 5) is 29.4. The summed E-state index contributed by atoms with van der Waals surface area (Å²) >= 11 is 1.50. The summed E-state index contributed by atoms with van der Waals surface area (Å²) in [5, 5.41) is 0. The highest BCUT2D eigenvalue weighted by molar-refractivity contribution is 7.91. The molecule has 1 amide bonds. The number of nitrogens with zero attached hydrogens (tertiary/aromatic N) is 1. The molecule has 0 unspecified atom stereocenters. The molecule has 0 aromatic carbocycles. The molecule has 3 aliphatic rings. The van der Waals surface area contributed by atoms with Gasteiger partial charge in [0.25, 0.3) is 5.91 Å². The van der Waals surface area contributed by atoms with Crippen LogP contribution in [0.25, 0.3) is 0 Å². The van der Waals surface area contributed by atoms with E-state index in [1.807, 2.05) is 6.07 Å². The van der Waals surface area contributed by atoms with Gasteiger partial charge in [-0.25, -0.2) is 13.2 Å². The van der Waals surface area contributed by atoms with Crippen LogP contribution in [0.5, 0.6) is 0 Å². The second kappa shape index (κ2) is 10.0. The van der Waals surface area contributed by atoms with E-state index in [1.165, 1.54) is 34.6 Å². The predicted octanol–water partition coefficient (Wildman–Crippen LogP) is 3.91. The van der Waals surface area contributed by atoms with Crippen LogP contribution in [0.2, 0.25) is 0 Å². The Labute approximate surface area is 189 Å².